The largest absolute Gasteiger partial charge is 0.366 e. The third kappa shape index (κ3) is 5.15. The molecule has 0 N–H and O–H groups in total. The van der Waals surface area contributed by atoms with Crippen molar-refractivity contribution in [2.45, 2.75) is 167 Å². The Hall–Kier alpha value is -0.800. The van der Waals surface area contributed by atoms with Gasteiger partial charge in [-0.15, -0.1) is 0 Å². The Morgan fingerprint density at radius 2 is 1.57 bits per heavy atom. The Balaban J connectivity index is 1.48. The zero-order chi connectivity index (χ0) is 25.4. The van der Waals surface area contributed by atoms with Crippen molar-refractivity contribution in [2.75, 3.05) is 13.1 Å². The third-order valence-corrected chi connectivity index (χ3v) is 10.4. The molecule has 4 rings (SSSR count). The van der Waals surface area contributed by atoms with Gasteiger partial charge in [0.05, 0.1) is 5.54 Å². The minimum atomic E-state index is 0.297. The third-order valence-electron chi connectivity index (χ3n) is 10.4. The molecular formula is C32H57N3. The normalized spacial score (nSPS) is 31.6. The average molecular weight is 484 g/mol. The van der Waals surface area contributed by atoms with Crippen LogP contribution in [0.1, 0.15) is 132 Å². The van der Waals surface area contributed by atoms with Gasteiger partial charge in [0, 0.05) is 47.9 Å². The lowest BCUT2D eigenvalue weighted by atomic mass is 9.77. The highest BCUT2D eigenvalue weighted by atomic mass is 15.3. The topological polar surface area (TPSA) is 9.72 Å². The molecule has 1 saturated heterocycles. The number of rotatable bonds is 9. The van der Waals surface area contributed by atoms with Crippen molar-refractivity contribution in [2.24, 2.45) is 0 Å². The molecule has 2 aliphatic carbocycles. The Morgan fingerprint density at radius 1 is 0.886 bits per heavy atom. The molecule has 0 aromatic carbocycles. The first-order valence-electron chi connectivity index (χ1n) is 15.3. The first-order valence-corrected chi connectivity index (χ1v) is 15.3. The summed E-state index contributed by atoms with van der Waals surface area (Å²) in [6.45, 7) is 22.0. The number of nitrogens with zero attached hydrogens (tertiary/aromatic N) is 3. The first kappa shape index (κ1) is 27.2. The van der Waals surface area contributed by atoms with Gasteiger partial charge in [-0.05, 0) is 106 Å². The number of likely N-dealkylation sites (tertiary alicyclic amines) is 1. The van der Waals surface area contributed by atoms with E-state index < -0.39 is 0 Å². The smallest absolute Gasteiger partial charge is 0.0509 e. The van der Waals surface area contributed by atoms with Gasteiger partial charge in [0.1, 0.15) is 0 Å². The molecule has 2 unspecified atom stereocenters. The van der Waals surface area contributed by atoms with Crippen LogP contribution in [0.3, 0.4) is 0 Å². The van der Waals surface area contributed by atoms with Crippen molar-refractivity contribution in [3.05, 3.63) is 23.4 Å². The Labute approximate surface area is 218 Å². The van der Waals surface area contributed by atoms with Crippen molar-refractivity contribution < 1.29 is 0 Å². The van der Waals surface area contributed by atoms with Crippen LogP contribution < -0.4 is 0 Å². The van der Waals surface area contributed by atoms with Crippen LogP contribution in [0.2, 0.25) is 0 Å². The molecule has 2 aliphatic heterocycles. The van der Waals surface area contributed by atoms with E-state index in [1.165, 1.54) is 90.1 Å². The highest BCUT2D eigenvalue weighted by Crippen LogP contribution is 2.49. The van der Waals surface area contributed by atoms with E-state index in [9.17, 15) is 0 Å². The maximum absolute atomic E-state index is 2.92. The molecule has 0 radical (unpaired) electrons. The lowest BCUT2D eigenvalue weighted by molar-refractivity contribution is 0.0263. The molecule has 3 nitrogen and oxygen atoms in total. The quantitative estimate of drug-likeness (QED) is 0.308. The van der Waals surface area contributed by atoms with E-state index in [-0.39, 0.29) is 0 Å². The molecule has 2 fully saturated rings. The van der Waals surface area contributed by atoms with Crippen molar-refractivity contribution >= 4 is 0 Å². The average Bonchev–Trinajstić information content (AvgIpc) is 3.49. The summed E-state index contributed by atoms with van der Waals surface area (Å²) < 4.78 is 0. The molecule has 3 heteroatoms. The summed E-state index contributed by atoms with van der Waals surface area (Å²) in [6.07, 6.45) is 21.3. The molecule has 0 aromatic heterocycles. The molecule has 35 heavy (non-hydrogen) atoms. The fourth-order valence-corrected chi connectivity index (χ4v) is 8.88. The molecule has 1 saturated carbocycles. The van der Waals surface area contributed by atoms with Crippen LogP contribution in [-0.4, -0.2) is 62.5 Å². The van der Waals surface area contributed by atoms with Gasteiger partial charge in [-0.2, -0.15) is 0 Å². The monoisotopic (exact) mass is 483 g/mol. The van der Waals surface area contributed by atoms with Crippen LogP contribution in [0.25, 0.3) is 0 Å². The molecular weight excluding hydrogens is 426 g/mol. The summed E-state index contributed by atoms with van der Waals surface area (Å²) in [5.74, 6) is 0. The maximum Gasteiger partial charge on any atom is 0.0509 e. The lowest BCUT2D eigenvalue weighted by Gasteiger charge is -2.49. The minimum absolute atomic E-state index is 0.297. The fourth-order valence-electron chi connectivity index (χ4n) is 8.88. The summed E-state index contributed by atoms with van der Waals surface area (Å²) in [6, 6.07) is 1.82. The molecule has 2 atom stereocenters. The van der Waals surface area contributed by atoms with Gasteiger partial charge < -0.3 is 4.90 Å². The second kappa shape index (κ2) is 10.5. The van der Waals surface area contributed by atoms with Gasteiger partial charge in [0.2, 0.25) is 0 Å². The van der Waals surface area contributed by atoms with Gasteiger partial charge in [-0.25, -0.2) is 0 Å². The lowest BCUT2D eigenvalue weighted by Crippen LogP contribution is -2.54. The van der Waals surface area contributed by atoms with Crippen LogP contribution in [0.15, 0.2) is 23.4 Å². The van der Waals surface area contributed by atoms with Crippen LogP contribution in [0.4, 0.5) is 0 Å². The van der Waals surface area contributed by atoms with Crippen molar-refractivity contribution in [1.29, 1.82) is 0 Å². The Bertz CT molecular complexity index is 787. The molecule has 1 spiro atoms. The van der Waals surface area contributed by atoms with E-state index in [1.54, 1.807) is 11.3 Å². The van der Waals surface area contributed by atoms with Crippen molar-refractivity contribution in [3.63, 3.8) is 0 Å². The summed E-state index contributed by atoms with van der Waals surface area (Å²) in [7, 11) is 0. The number of hydrogen-bond acceptors (Lipinski definition) is 3. The van der Waals surface area contributed by atoms with Gasteiger partial charge >= 0.3 is 0 Å². The predicted octanol–water partition coefficient (Wildman–Crippen LogP) is 7.92. The van der Waals surface area contributed by atoms with Crippen LogP contribution >= 0.6 is 0 Å². The Morgan fingerprint density at radius 3 is 2.17 bits per heavy atom. The zero-order valence-electron chi connectivity index (χ0n) is 24.6. The zero-order valence-corrected chi connectivity index (χ0v) is 24.6. The SMILES string of the molecule is CCC1(N(CC2=CCC3(CC=C(CC4(C)CCCN4C(C)C)N3C(C)C)C2)C(C)C)CCCCC1. The summed E-state index contributed by atoms with van der Waals surface area (Å²) in [5, 5.41) is 0. The van der Waals surface area contributed by atoms with Gasteiger partial charge in [-0.3, -0.25) is 9.80 Å². The highest BCUT2D eigenvalue weighted by molar-refractivity contribution is 5.31. The minimum Gasteiger partial charge on any atom is -0.366 e. The van der Waals surface area contributed by atoms with Crippen molar-refractivity contribution in [3.8, 4) is 0 Å². The Kier molecular flexibility index (Phi) is 8.19. The second-order valence-corrected chi connectivity index (χ2v) is 13.8. The van der Waals surface area contributed by atoms with Gasteiger partial charge in [0.25, 0.3) is 0 Å². The highest BCUT2D eigenvalue weighted by Gasteiger charge is 2.48. The number of hydrogen-bond donors (Lipinski definition) is 0. The van der Waals surface area contributed by atoms with E-state index >= 15 is 0 Å². The summed E-state index contributed by atoms with van der Waals surface area (Å²) in [4.78, 5) is 8.58. The molecule has 0 aromatic rings. The van der Waals surface area contributed by atoms with Crippen LogP contribution in [-0.2, 0) is 0 Å². The molecule has 4 aliphatic rings. The van der Waals surface area contributed by atoms with E-state index in [1.807, 2.05) is 0 Å². The second-order valence-electron chi connectivity index (χ2n) is 13.8. The molecule has 2 heterocycles. The van der Waals surface area contributed by atoms with Gasteiger partial charge in [-0.1, -0.05) is 43.9 Å². The van der Waals surface area contributed by atoms with E-state index in [0.717, 1.165) is 0 Å². The first-order chi connectivity index (χ1) is 16.6. The van der Waals surface area contributed by atoms with E-state index in [2.05, 4.69) is 82.2 Å². The summed E-state index contributed by atoms with van der Waals surface area (Å²) >= 11 is 0. The molecule has 200 valence electrons. The molecule has 0 bridgehead atoms. The van der Waals surface area contributed by atoms with Gasteiger partial charge in [0.15, 0.2) is 0 Å². The van der Waals surface area contributed by atoms with E-state index in [0.29, 0.717) is 34.7 Å². The fraction of sp³-hybridized carbons (Fsp3) is 0.875. The summed E-state index contributed by atoms with van der Waals surface area (Å²) in [5.41, 5.74) is 4.40. The standard InChI is InChI=1S/C32H57N3/c1-9-31(17-11-10-12-18-31)34(26(4)5)24-28-14-19-32(22-28)20-15-29(35(32)27(6)7)23-30(8)16-13-21-33(30)25(2)3/h14-15,25-27H,9-13,16-24H2,1-8H3. The maximum atomic E-state index is 2.92. The predicted molar refractivity (Wildman–Crippen MR) is 152 cm³/mol. The van der Waals surface area contributed by atoms with Crippen LogP contribution in [0, 0.1) is 0 Å². The van der Waals surface area contributed by atoms with Crippen LogP contribution in [0.5, 0.6) is 0 Å². The van der Waals surface area contributed by atoms with E-state index in [4.69, 9.17) is 0 Å². The molecule has 0 amide bonds. The van der Waals surface area contributed by atoms with Crippen molar-refractivity contribution in [1.82, 2.24) is 14.7 Å².